The molecule has 27 heavy (non-hydrogen) atoms. The lowest BCUT2D eigenvalue weighted by Crippen LogP contribution is -2.48. The maximum absolute atomic E-state index is 12.8. The summed E-state index contributed by atoms with van der Waals surface area (Å²) in [7, 11) is 1.65. The fourth-order valence-electron chi connectivity index (χ4n) is 3.49. The summed E-state index contributed by atoms with van der Waals surface area (Å²) < 4.78 is 5.47. The lowest BCUT2D eigenvalue weighted by molar-refractivity contribution is -0.135. The van der Waals surface area contributed by atoms with Crippen molar-refractivity contribution in [2.24, 2.45) is 0 Å². The monoisotopic (exact) mass is 397 g/mol. The number of nitrogens with zero attached hydrogens (tertiary/aromatic N) is 2. The Morgan fingerprint density at radius 1 is 1.22 bits per heavy atom. The van der Waals surface area contributed by atoms with E-state index < -0.39 is 0 Å². The van der Waals surface area contributed by atoms with Gasteiger partial charge >= 0.3 is 0 Å². The van der Waals surface area contributed by atoms with Crippen molar-refractivity contribution >= 4 is 24.2 Å². The summed E-state index contributed by atoms with van der Waals surface area (Å²) >= 11 is 0. The molecule has 6 nitrogen and oxygen atoms in total. The number of para-hydroxylation sites is 1. The normalized spacial score (nSPS) is 16.4. The van der Waals surface area contributed by atoms with Crippen molar-refractivity contribution in [2.45, 2.75) is 39.2 Å². The van der Waals surface area contributed by atoms with Crippen LogP contribution in [-0.4, -0.2) is 61.4 Å². The van der Waals surface area contributed by atoms with E-state index in [0.29, 0.717) is 32.4 Å². The SMILES string of the molecule is CCN(CC)C(=O)CCCC(=O)N1CCNCC1c1ccccc1OC.Cl. The van der Waals surface area contributed by atoms with Gasteiger partial charge in [-0.1, -0.05) is 18.2 Å². The van der Waals surface area contributed by atoms with Crippen molar-refractivity contribution in [1.29, 1.82) is 0 Å². The van der Waals surface area contributed by atoms with E-state index in [4.69, 9.17) is 4.74 Å². The number of hydrogen-bond acceptors (Lipinski definition) is 4. The molecule has 1 aliphatic rings. The fraction of sp³-hybridized carbons (Fsp3) is 0.600. The Hall–Kier alpha value is -1.79. The molecular weight excluding hydrogens is 366 g/mol. The first-order chi connectivity index (χ1) is 12.6. The maximum atomic E-state index is 12.8. The Kier molecular flexibility index (Phi) is 10.2. The number of benzene rings is 1. The summed E-state index contributed by atoms with van der Waals surface area (Å²) in [5.41, 5.74) is 1.02. The molecule has 0 aliphatic carbocycles. The van der Waals surface area contributed by atoms with E-state index in [2.05, 4.69) is 5.32 Å². The fourth-order valence-corrected chi connectivity index (χ4v) is 3.49. The number of methoxy groups -OCH3 is 1. The molecule has 1 heterocycles. The zero-order chi connectivity index (χ0) is 18.9. The van der Waals surface area contributed by atoms with Crippen LogP contribution in [0.15, 0.2) is 24.3 Å². The van der Waals surface area contributed by atoms with Gasteiger partial charge in [0.1, 0.15) is 5.75 Å². The topological polar surface area (TPSA) is 61.9 Å². The van der Waals surface area contributed by atoms with Crippen LogP contribution in [0.1, 0.15) is 44.7 Å². The van der Waals surface area contributed by atoms with E-state index in [-0.39, 0.29) is 30.3 Å². The third-order valence-electron chi connectivity index (χ3n) is 4.96. The van der Waals surface area contributed by atoms with E-state index in [0.717, 1.165) is 30.9 Å². The second-order valence-electron chi connectivity index (χ2n) is 6.47. The van der Waals surface area contributed by atoms with Crippen molar-refractivity contribution in [3.63, 3.8) is 0 Å². The molecule has 0 spiro atoms. The van der Waals surface area contributed by atoms with Crippen LogP contribution in [0.25, 0.3) is 0 Å². The lowest BCUT2D eigenvalue weighted by atomic mass is 10.0. The first-order valence-corrected chi connectivity index (χ1v) is 9.53. The summed E-state index contributed by atoms with van der Waals surface area (Å²) in [6, 6.07) is 7.81. The first-order valence-electron chi connectivity index (χ1n) is 9.53. The minimum Gasteiger partial charge on any atom is -0.496 e. The predicted octanol–water partition coefficient (Wildman–Crippen LogP) is 2.63. The number of hydrogen-bond donors (Lipinski definition) is 1. The quantitative estimate of drug-likeness (QED) is 0.732. The van der Waals surface area contributed by atoms with Gasteiger partial charge in [-0.25, -0.2) is 0 Å². The van der Waals surface area contributed by atoms with E-state index in [1.165, 1.54) is 0 Å². The average Bonchev–Trinajstić information content (AvgIpc) is 2.68. The van der Waals surface area contributed by atoms with Crippen LogP contribution in [0.3, 0.4) is 0 Å². The number of amides is 2. The molecule has 0 bridgehead atoms. The summed E-state index contributed by atoms with van der Waals surface area (Å²) in [5, 5.41) is 3.36. The van der Waals surface area contributed by atoms with Crippen LogP contribution < -0.4 is 10.1 Å². The molecule has 1 N–H and O–H groups in total. The molecule has 0 radical (unpaired) electrons. The molecule has 0 aromatic heterocycles. The summed E-state index contributed by atoms with van der Waals surface area (Å²) in [5.74, 6) is 1.04. The van der Waals surface area contributed by atoms with Crippen LogP contribution >= 0.6 is 12.4 Å². The van der Waals surface area contributed by atoms with Gasteiger partial charge < -0.3 is 19.9 Å². The van der Waals surface area contributed by atoms with Gasteiger partial charge in [0, 0.05) is 51.1 Å². The highest BCUT2D eigenvalue weighted by molar-refractivity contribution is 5.85. The van der Waals surface area contributed by atoms with E-state index in [1.54, 1.807) is 7.11 Å². The number of ether oxygens (including phenoxy) is 1. The second kappa shape index (κ2) is 11.8. The summed E-state index contributed by atoms with van der Waals surface area (Å²) in [4.78, 5) is 28.7. The number of halogens is 1. The largest absolute Gasteiger partial charge is 0.496 e. The Morgan fingerprint density at radius 2 is 1.93 bits per heavy atom. The molecule has 1 unspecified atom stereocenters. The zero-order valence-electron chi connectivity index (χ0n) is 16.6. The molecule has 1 aromatic rings. The summed E-state index contributed by atoms with van der Waals surface area (Å²) in [6.07, 6.45) is 1.42. The molecule has 152 valence electrons. The Labute approximate surface area is 168 Å². The number of nitrogens with one attached hydrogen (secondary N) is 1. The van der Waals surface area contributed by atoms with Gasteiger partial charge in [0.25, 0.3) is 0 Å². The van der Waals surface area contributed by atoms with Gasteiger partial charge in [0.05, 0.1) is 13.2 Å². The molecule has 1 fully saturated rings. The molecule has 1 atom stereocenters. The van der Waals surface area contributed by atoms with E-state index in [1.807, 2.05) is 47.9 Å². The van der Waals surface area contributed by atoms with Crippen molar-refractivity contribution in [3.8, 4) is 5.75 Å². The smallest absolute Gasteiger partial charge is 0.223 e. The van der Waals surface area contributed by atoms with Crippen molar-refractivity contribution < 1.29 is 14.3 Å². The molecule has 2 amide bonds. The van der Waals surface area contributed by atoms with E-state index >= 15 is 0 Å². The third-order valence-corrected chi connectivity index (χ3v) is 4.96. The Morgan fingerprint density at radius 3 is 2.59 bits per heavy atom. The zero-order valence-corrected chi connectivity index (χ0v) is 17.4. The van der Waals surface area contributed by atoms with Gasteiger partial charge in [0.2, 0.25) is 11.8 Å². The van der Waals surface area contributed by atoms with Crippen LogP contribution in [0.5, 0.6) is 5.75 Å². The summed E-state index contributed by atoms with van der Waals surface area (Å²) in [6.45, 7) is 7.57. The highest BCUT2D eigenvalue weighted by Crippen LogP contribution is 2.30. The Balaban J connectivity index is 0.00000364. The van der Waals surface area contributed by atoms with Gasteiger partial charge in [-0.05, 0) is 26.3 Å². The molecule has 1 aliphatic heterocycles. The molecular formula is C20H32ClN3O3. The molecule has 1 aromatic carbocycles. The maximum Gasteiger partial charge on any atom is 0.223 e. The minimum absolute atomic E-state index is 0. The molecule has 1 saturated heterocycles. The first kappa shape index (κ1) is 23.2. The number of piperazine rings is 1. The van der Waals surface area contributed by atoms with Crippen molar-refractivity contribution in [1.82, 2.24) is 15.1 Å². The number of rotatable bonds is 8. The highest BCUT2D eigenvalue weighted by Gasteiger charge is 2.29. The van der Waals surface area contributed by atoms with E-state index in [9.17, 15) is 9.59 Å². The van der Waals surface area contributed by atoms with Gasteiger partial charge in [-0.15, -0.1) is 12.4 Å². The number of carbonyl (C=O) groups is 2. The highest BCUT2D eigenvalue weighted by atomic mass is 35.5. The van der Waals surface area contributed by atoms with Crippen molar-refractivity contribution in [2.75, 3.05) is 39.8 Å². The van der Waals surface area contributed by atoms with Crippen LogP contribution in [-0.2, 0) is 9.59 Å². The van der Waals surface area contributed by atoms with Crippen molar-refractivity contribution in [3.05, 3.63) is 29.8 Å². The molecule has 7 heteroatoms. The minimum atomic E-state index is -0.0362. The van der Waals surface area contributed by atoms with Gasteiger partial charge in [-0.2, -0.15) is 0 Å². The average molecular weight is 398 g/mol. The van der Waals surface area contributed by atoms with Crippen LogP contribution in [0, 0.1) is 0 Å². The standard InChI is InChI=1S/C20H31N3O3.ClH/c1-4-22(5-2)19(24)11-8-12-20(25)23-14-13-21-15-17(23)16-9-6-7-10-18(16)26-3;/h6-7,9-10,17,21H,4-5,8,11-15H2,1-3H3;1H. The molecule has 0 saturated carbocycles. The van der Waals surface area contributed by atoms with Crippen LogP contribution in [0.2, 0.25) is 0 Å². The third kappa shape index (κ3) is 6.11. The molecule has 2 rings (SSSR count). The van der Waals surface area contributed by atoms with Crippen LogP contribution in [0.4, 0.5) is 0 Å². The predicted molar refractivity (Wildman–Crippen MR) is 109 cm³/mol. The number of carbonyl (C=O) groups excluding carboxylic acids is 2. The van der Waals surface area contributed by atoms with Gasteiger partial charge in [-0.3, -0.25) is 9.59 Å². The Bertz CT molecular complexity index is 608. The second-order valence-corrected chi connectivity index (χ2v) is 6.47. The van der Waals surface area contributed by atoms with Gasteiger partial charge in [0.15, 0.2) is 0 Å². The lowest BCUT2D eigenvalue weighted by Gasteiger charge is -2.37.